The monoisotopic (exact) mass is 222 g/mol. The largest absolute Gasteiger partial charge is 0.265 e. The summed E-state index contributed by atoms with van der Waals surface area (Å²) in [7, 11) is 0. The Bertz CT molecular complexity index is 655. The van der Waals surface area contributed by atoms with E-state index in [0.717, 1.165) is 16.6 Å². The Labute approximate surface area is 98.2 Å². The van der Waals surface area contributed by atoms with Gasteiger partial charge >= 0.3 is 0 Å². The lowest BCUT2D eigenvalue weighted by Crippen LogP contribution is -1.88. The number of aromatic nitrogens is 4. The summed E-state index contributed by atoms with van der Waals surface area (Å²) in [5.74, 6) is 0. The maximum atomic E-state index is 4.08. The summed E-state index contributed by atoms with van der Waals surface area (Å²) in [4.78, 5) is 3.97. The Balaban J connectivity index is 1.98. The van der Waals surface area contributed by atoms with Gasteiger partial charge in [0.25, 0.3) is 0 Å². The van der Waals surface area contributed by atoms with E-state index in [1.807, 2.05) is 48.7 Å². The second kappa shape index (κ2) is 4.17. The molecule has 3 rings (SSSR count). The predicted octanol–water partition coefficient (Wildman–Crippen LogP) is 2.45. The number of hydrogen-bond donors (Lipinski definition) is 0. The summed E-state index contributed by atoms with van der Waals surface area (Å²) in [6, 6.07) is 11.7. The topological polar surface area (TPSA) is 43.6 Å². The zero-order valence-corrected chi connectivity index (χ0v) is 9.06. The number of pyridine rings is 1. The molecule has 0 amide bonds. The molecule has 0 unspecified atom stereocenters. The molecule has 4 heteroatoms. The van der Waals surface area contributed by atoms with Gasteiger partial charge in [-0.05, 0) is 35.9 Å². The SMILES string of the molecule is C(=Cn1nnc2ccccc21)c1ccncc1. The van der Waals surface area contributed by atoms with Crippen LogP contribution in [-0.4, -0.2) is 20.0 Å². The molecular formula is C13H10N4. The zero-order chi connectivity index (χ0) is 11.5. The van der Waals surface area contributed by atoms with Crippen LogP contribution in [0, 0.1) is 0 Å². The van der Waals surface area contributed by atoms with Crippen molar-refractivity contribution in [2.24, 2.45) is 0 Å². The standard InChI is InChI=1S/C13H10N4/c1-2-4-13-12(3-1)15-16-17(13)10-7-11-5-8-14-9-6-11/h1-10H. The first kappa shape index (κ1) is 9.72. The molecule has 4 nitrogen and oxygen atoms in total. The summed E-state index contributed by atoms with van der Waals surface area (Å²) in [5.41, 5.74) is 2.98. The molecule has 3 aromatic rings. The highest BCUT2D eigenvalue weighted by molar-refractivity contribution is 5.77. The minimum absolute atomic E-state index is 0.895. The molecule has 2 aromatic heterocycles. The summed E-state index contributed by atoms with van der Waals surface area (Å²) in [6.45, 7) is 0. The maximum absolute atomic E-state index is 4.08. The van der Waals surface area contributed by atoms with Crippen LogP contribution in [0.2, 0.25) is 0 Å². The predicted molar refractivity (Wildman–Crippen MR) is 67.0 cm³/mol. The molecule has 0 aliphatic heterocycles. The molecule has 0 atom stereocenters. The van der Waals surface area contributed by atoms with Crippen molar-refractivity contribution in [2.45, 2.75) is 0 Å². The molecular weight excluding hydrogens is 212 g/mol. The molecule has 0 saturated carbocycles. The summed E-state index contributed by atoms with van der Waals surface area (Å²) in [6.07, 6.45) is 7.39. The van der Waals surface area contributed by atoms with E-state index in [4.69, 9.17) is 0 Å². The molecule has 0 radical (unpaired) electrons. The van der Waals surface area contributed by atoms with Crippen LogP contribution in [0.25, 0.3) is 23.3 Å². The first-order chi connectivity index (χ1) is 8.43. The minimum Gasteiger partial charge on any atom is -0.265 e. The molecule has 17 heavy (non-hydrogen) atoms. The molecule has 0 aliphatic rings. The fraction of sp³-hybridized carbons (Fsp3) is 0. The molecule has 1 aromatic carbocycles. The second-order valence-electron chi connectivity index (χ2n) is 3.62. The highest BCUT2D eigenvalue weighted by atomic mass is 15.4. The molecule has 0 aliphatic carbocycles. The molecule has 2 heterocycles. The molecule has 0 N–H and O–H groups in total. The van der Waals surface area contributed by atoms with E-state index in [9.17, 15) is 0 Å². The van der Waals surface area contributed by atoms with E-state index < -0.39 is 0 Å². The van der Waals surface area contributed by atoms with Crippen LogP contribution < -0.4 is 0 Å². The lowest BCUT2D eigenvalue weighted by atomic mass is 10.3. The van der Waals surface area contributed by atoms with Gasteiger partial charge in [0.2, 0.25) is 0 Å². The lowest BCUT2D eigenvalue weighted by Gasteiger charge is -1.93. The van der Waals surface area contributed by atoms with E-state index >= 15 is 0 Å². The third-order valence-corrected chi connectivity index (χ3v) is 2.49. The number of para-hydroxylation sites is 1. The van der Waals surface area contributed by atoms with Crippen molar-refractivity contribution in [2.75, 3.05) is 0 Å². The summed E-state index contributed by atoms with van der Waals surface area (Å²) in [5, 5.41) is 8.15. The van der Waals surface area contributed by atoms with Gasteiger partial charge in [0.1, 0.15) is 5.52 Å². The lowest BCUT2D eigenvalue weighted by molar-refractivity contribution is 0.863. The van der Waals surface area contributed by atoms with Crippen molar-refractivity contribution >= 4 is 23.3 Å². The molecule has 0 saturated heterocycles. The minimum atomic E-state index is 0.895. The number of fused-ring (bicyclic) bond motifs is 1. The van der Waals surface area contributed by atoms with Crippen molar-refractivity contribution in [3.63, 3.8) is 0 Å². The van der Waals surface area contributed by atoms with Crippen molar-refractivity contribution in [1.29, 1.82) is 0 Å². The van der Waals surface area contributed by atoms with E-state index in [0.29, 0.717) is 0 Å². The maximum Gasteiger partial charge on any atom is 0.113 e. The van der Waals surface area contributed by atoms with Crippen molar-refractivity contribution in [3.05, 3.63) is 54.4 Å². The van der Waals surface area contributed by atoms with E-state index in [-0.39, 0.29) is 0 Å². The highest BCUT2D eigenvalue weighted by Gasteiger charge is 1.99. The number of benzene rings is 1. The third-order valence-electron chi connectivity index (χ3n) is 2.49. The Kier molecular flexibility index (Phi) is 2.38. The first-order valence-electron chi connectivity index (χ1n) is 5.32. The van der Waals surface area contributed by atoms with Crippen LogP contribution >= 0.6 is 0 Å². The quantitative estimate of drug-likeness (QED) is 0.669. The fourth-order valence-electron chi connectivity index (χ4n) is 1.63. The molecule has 0 spiro atoms. The Morgan fingerprint density at radius 1 is 1.00 bits per heavy atom. The van der Waals surface area contributed by atoms with Gasteiger partial charge in [0, 0.05) is 18.6 Å². The summed E-state index contributed by atoms with van der Waals surface area (Å²) >= 11 is 0. The van der Waals surface area contributed by atoms with Crippen LogP contribution in [-0.2, 0) is 0 Å². The van der Waals surface area contributed by atoms with Crippen LogP contribution in [0.15, 0.2) is 48.8 Å². The second-order valence-corrected chi connectivity index (χ2v) is 3.62. The van der Waals surface area contributed by atoms with Crippen LogP contribution in [0.3, 0.4) is 0 Å². The van der Waals surface area contributed by atoms with Gasteiger partial charge in [-0.15, -0.1) is 5.10 Å². The zero-order valence-electron chi connectivity index (χ0n) is 9.06. The van der Waals surface area contributed by atoms with Crippen LogP contribution in [0.1, 0.15) is 5.56 Å². The number of hydrogen-bond acceptors (Lipinski definition) is 3. The fourth-order valence-corrected chi connectivity index (χ4v) is 1.63. The highest BCUT2D eigenvalue weighted by Crippen LogP contribution is 2.10. The first-order valence-corrected chi connectivity index (χ1v) is 5.32. The van der Waals surface area contributed by atoms with E-state index in [1.165, 1.54) is 0 Å². The van der Waals surface area contributed by atoms with Gasteiger partial charge in [0.05, 0.1) is 5.52 Å². The smallest absolute Gasteiger partial charge is 0.113 e. The van der Waals surface area contributed by atoms with Gasteiger partial charge < -0.3 is 0 Å². The summed E-state index contributed by atoms with van der Waals surface area (Å²) < 4.78 is 1.76. The number of rotatable bonds is 2. The molecule has 0 bridgehead atoms. The van der Waals surface area contributed by atoms with Crippen molar-refractivity contribution in [3.8, 4) is 0 Å². The Hall–Kier alpha value is -2.49. The van der Waals surface area contributed by atoms with Gasteiger partial charge in [-0.1, -0.05) is 17.3 Å². The van der Waals surface area contributed by atoms with Crippen molar-refractivity contribution in [1.82, 2.24) is 20.0 Å². The average molecular weight is 222 g/mol. The molecule has 82 valence electrons. The Morgan fingerprint density at radius 2 is 1.82 bits per heavy atom. The molecule has 0 fully saturated rings. The van der Waals surface area contributed by atoms with Gasteiger partial charge in [-0.25, -0.2) is 4.68 Å². The van der Waals surface area contributed by atoms with Crippen molar-refractivity contribution < 1.29 is 0 Å². The number of nitrogens with zero attached hydrogens (tertiary/aromatic N) is 4. The van der Waals surface area contributed by atoms with Gasteiger partial charge in [-0.2, -0.15) is 0 Å². The van der Waals surface area contributed by atoms with Gasteiger partial charge in [-0.3, -0.25) is 4.98 Å². The van der Waals surface area contributed by atoms with E-state index in [1.54, 1.807) is 17.1 Å². The normalized spacial score (nSPS) is 11.3. The van der Waals surface area contributed by atoms with E-state index in [2.05, 4.69) is 15.3 Å². The third kappa shape index (κ3) is 1.92. The average Bonchev–Trinajstić information content (AvgIpc) is 2.81. The Morgan fingerprint density at radius 3 is 2.71 bits per heavy atom. The van der Waals surface area contributed by atoms with Crippen LogP contribution in [0.5, 0.6) is 0 Å². The van der Waals surface area contributed by atoms with Crippen LogP contribution in [0.4, 0.5) is 0 Å². The van der Waals surface area contributed by atoms with Gasteiger partial charge in [0.15, 0.2) is 0 Å².